The number of hydrogen-bond donors (Lipinski definition) is 2. The van der Waals surface area contributed by atoms with Crippen molar-refractivity contribution in [3.05, 3.63) is 29.8 Å². The average molecular weight is 331 g/mol. The van der Waals surface area contributed by atoms with Gasteiger partial charge in [-0.25, -0.2) is 4.79 Å². The van der Waals surface area contributed by atoms with Gasteiger partial charge in [-0.1, -0.05) is 17.7 Å². The molecule has 3 rings (SSSR count). The van der Waals surface area contributed by atoms with Crippen LogP contribution in [0.15, 0.2) is 24.3 Å². The van der Waals surface area contributed by atoms with Gasteiger partial charge in [0.2, 0.25) is 5.91 Å². The van der Waals surface area contributed by atoms with Crippen molar-refractivity contribution in [2.24, 2.45) is 5.92 Å². The molecule has 2 saturated heterocycles. The number of urea groups is 1. The SMILES string of the molecule is Cc1ccc(NC(=O)N2CCC(N3CC(C(=O)O)CC3=O)C2)cc1. The molecule has 2 N–H and O–H groups in total. The number of likely N-dealkylation sites (tertiary alicyclic amines) is 2. The van der Waals surface area contributed by atoms with Crippen molar-refractivity contribution in [1.82, 2.24) is 9.80 Å². The summed E-state index contributed by atoms with van der Waals surface area (Å²) in [5.41, 5.74) is 1.85. The number of carboxylic acids is 1. The van der Waals surface area contributed by atoms with Crippen LogP contribution in [0, 0.1) is 12.8 Å². The van der Waals surface area contributed by atoms with Crippen molar-refractivity contribution in [3.8, 4) is 0 Å². The minimum absolute atomic E-state index is 0.0569. The van der Waals surface area contributed by atoms with E-state index < -0.39 is 11.9 Å². The molecule has 24 heavy (non-hydrogen) atoms. The summed E-state index contributed by atoms with van der Waals surface area (Å²) >= 11 is 0. The highest BCUT2D eigenvalue weighted by molar-refractivity contribution is 5.90. The Kier molecular flexibility index (Phi) is 4.42. The second-order valence-corrected chi connectivity index (χ2v) is 6.47. The average Bonchev–Trinajstić information content (AvgIpc) is 3.16. The predicted octanol–water partition coefficient (Wildman–Crippen LogP) is 1.53. The van der Waals surface area contributed by atoms with E-state index in [1.54, 1.807) is 9.80 Å². The number of nitrogens with zero attached hydrogens (tertiary/aromatic N) is 2. The molecular formula is C17H21N3O4. The Hall–Kier alpha value is -2.57. The first kappa shape index (κ1) is 16.3. The number of carboxylic acid groups (broad SMARTS) is 1. The first-order valence-corrected chi connectivity index (χ1v) is 8.09. The quantitative estimate of drug-likeness (QED) is 0.879. The standard InChI is InChI=1S/C17H21N3O4/c1-11-2-4-13(5-3-11)18-17(24)19-7-6-14(10-19)20-9-12(16(22)23)8-15(20)21/h2-5,12,14H,6-10H2,1H3,(H,18,24)(H,22,23). The van der Waals surface area contributed by atoms with E-state index >= 15 is 0 Å². The highest BCUT2D eigenvalue weighted by Gasteiger charge is 2.40. The molecule has 0 aromatic heterocycles. The highest BCUT2D eigenvalue weighted by Crippen LogP contribution is 2.25. The van der Waals surface area contributed by atoms with Crippen LogP contribution in [0.1, 0.15) is 18.4 Å². The fourth-order valence-electron chi connectivity index (χ4n) is 3.27. The third kappa shape index (κ3) is 3.34. The molecule has 2 unspecified atom stereocenters. The monoisotopic (exact) mass is 331 g/mol. The Morgan fingerprint density at radius 1 is 1.21 bits per heavy atom. The largest absolute Gasteiger partial charge is 0.481 e. The Morgan fingerprint density at radius 3 is 2.54 bits per heavy atom. The van der Waals surface area contributed by atoms with E-state index in [1.807, 2.05) is 31.2 Å². The van der Waals surface area contributed by atoms with Crippen LogP contribution in [0.5, 0.6) is 0 Å². The van der Waals surface area contributed by atoms with Gasteiger partial charge >= 0.3 is 12.0 Å². The zero-order valence-electron chi connectivity index (χ0n) is 13.6. The van der Waals surface area contributed by atoms with Gasteiger partial charge in [-0.2, -0.15) is 0 Å². The topological polar surface area (TPSA) is 90.0 Å². The van der Waals surface area contributed by atoms with Crippen molar-refractivity contribution in [2.45, 2.75) is 25.8 Å². The van der Waals surface area contributed by atoms with Gasteiger partial charge in [0.15, 0.2) is 0 Å². The smallest absolute Gasteiger partial charge is 0.321 e. The van der Waals surface area contributed by atoms with Gasteiger partial charge in [0, 0.05) is 31.7 Å². The Labute approximate surface area is 140 Å². The third-order valence-corrected chi connectivity index (χ3v) is 4.70. The lowest BCUT2D eigenvalue weighted by Gasteiger charge is -2.24. The summed E-state index contributed by atoms with van der Waals surface area (Å²) in [4.78, 5) is 38.7. The number of benzene rings is 1. The summed E-state index contributed by atoms with van der Waals surface area (Å²) in [5.74, 6) is -1.70. The van der Waals surface area contributed by atoms with Gasteiger partial charge in [0.05, 0.1) is 12.0 Å². The van der Waals surface area contributed by atoms with E-state index in [0.29, 0.717) is 19.5 Å². The molecular weight excluding hydrogens is 310 g/mol. The summed E-state index contributed by atoms with van der Waals surface area (Å²) in [7, 11) is 0. The van der Waals surface area contributed by atoms with Crippen molar-refractivity contribution >= 4 is 23.6 Å². The molecule has 0 radical (unpaired) electrons. The van der Waals surface area contributed by atoms with Gasteiger partial charge < -0.3 is 20.2 Å². The number of hydrogen-bond acceptors (Lipinski definition) is 3. The fraction of sp³-hybridized carbons (Fsp3) is 0.471. The molecule has 0 aliphatic carbocycles. The van der Waals surface area contributed by atoms with Gasteiger partial charge in [-0.3, -0.25) is 9.59 Å². The number of rotatable bonds is 3. The molecule has 2 heterocycles. The molecule has 1 aromatic rings. The van der Waals surface area contributed by atoms with E-state index in [4.69, 9.17) is 5.11 Å². The lowest BCUT2D eigenvalue weighted by molar-refractivity contribution is -0.141. The Balaban J connectivity index is 1.57. The van der Waals surface area contributed by atoms with E-state index in [9.17, 15) is 14.4 Å². The molecule has 2 atom stereocenters. The number of amides is 3. The van der Waals surface area contributed by atoms with E-state index in [-0.39, 0.29) is 30.9 Å². The molecule has 7 heteroatoms. The molecule has 3 amide bonds. The van der Waals surface area contributed by atoms with Crippen LogP contribution in [0.25, 0.3) is 0 Å². The second-order valence-electron chi connectivity index (χ2n) is 6.47. The molecule has 2 fully saturated rings. The van der Waals surface area contributed by atoms with E-state index in [1.165, 1.54) is 0 Å². The van der Waals surface area contributed by atoms with Crippen LogP contribution < -0.4 is 5.32 Å². The minimum atomic E-state index is -0.933. The summed E-state index contributed by atoms with van der Waals surface area (Å²) in [5, 5.41) is 11.9. The minimum Gasteiger partial charge on any atom is -0.481 e. The van der Waals surface area contributed by atoms with E-state index in [2.05, 4.69) is 5.32 Å². The number of nitrogens with one attached hydrogen (secondary N) is 1. The first-order chi connectivity index (χ1) is 11.4. The van der Waals surface area contributed by atoms with Gasteiger partial charge in [0.25, 0.3) is 0 Å². The summed E-state index contributed by atoms with van der Waals surface area (Å²) in [6, 6.07) is 7.27. The number of carbonyl (C=O) groups is 3. The maximum Gasteiger partial charge on any atom is 0.321 e. The molecule has 0 bridgehead atoms. The Morgan fingerprint density at radius 2 is 1.92 bits per heavy atom. The van der Waals surface area contributed by atoms with Gasteiger partial charge in [-0.05, 0) is 25.5 Å². The van der Waals surface area contributed by atoms with Crippen LogP contribution in [0.4, 0.5) is 10.5 Å². The lowest BCUT2D eigenvalue weighted by atomic mass is 10.1. The van der Waals surface area contributed by atoms with Crippen LogP contribution in [0.2, 0.25) is 0 Å². The molecule has 128 valence electrons. The van der Waals surface area contributed by atoms with Gasteiger partial charge in [0.1, 0.15) is 0 Å². The van der Waals surface area contributed by atoms with Crippen molar-refractivity contribution < 1.29 is 19.5 Å². The second kappa shape index (κ2) is 6.51. The summed E-state index contributed by atoms with van der Waals surface area (Å²) in [6.07, 6.45) is 0.737. The molecule has 2 aliphatic heterocycles. The number of aryl methyl sites for hydroxylation is 1. The highest BCUT2D eigenvalue weighted by atomic mass is 16.4. The van der Waals surface area contributed by atoms with Crippen LogP contribution in [-0.2, 0) is 9.59 Å². The lowest BCUT2D eigenvalue weighted by Crippen LogP contribution is -2.41. The van der Waals surface area contributed by atoms with Gasteiger partial charge in [-0.15, -0.1) is 0 Å². The van der Waals surface area contributed by atoms with Crippen LogP contribution in [0.3, 0.4) is 0 Å². The Bertz CT molecular complexity index is 658. The summed E-state index contributed by atoms with van der Waals surface area (Å²) in [6.45, 7) is 3.22. The van der Waals surface area contributed by atoms with Crippen molar-refractivity contribution in [1.29, 1.82) is 0 Å². The molecule has 2 aliphatic rings. The molecule has 0 saturated carbocycles. The summed E-state index contributed by atoms with van der Waals surface area (Å²) < 4.78 is 0. The van der Waals surface area contributed by atoms with E-state index in [0.717, 1.165) is 11.3 Å². The number of aliphatic carboxylic acids is 1. The van der Waals surface area contributed by atoms with Crippen molar-refractivity contribution in [3.63, 3.8) is 0 Å². The third-order valence-electron chi connectivity index (χ3n) is 4.70. The number of anilines is 1. The predicted molar refractivity (Wildman–Crippen MR) is 87.6 cm³/mol. The normalized spacial score (nSPS) is 23.6. The van der Waals surface area contributed by atoms with Crippen LogP contribution >= 0.6 is 0 Å². The first-order valence-electron chi connectivity index (χ1n) is 8.09. The van der Waals surface area contributed by atoms with Crippen LogP contribution in [-0.4, -0.2) is 58.5 Å². The molecule has 7 nitrogen and oxygen atoms in total. The van der Waals surface area contributed by atoms with Crippen molar-refractivity contribution in [2.75, 3.05) is 25.0 Å². The molecule has 1 aromatic carbocycles. The zero-order chi connectivity index (χ0) is 17.3. The molecule has 0 spiro atoms. The number of carbonyl (C=O) groups excluding carboxylic acids is 2. The maximum absolute atomic E-state index is 12.3. The fourth-order valence-corrected chi connectivity index (χ4v) is 3.27. The maximum atomic E-state index is 12.3. The zero-order valence-corrected chi connectivity index (χ0v) is 13.6.